The molecule has 2 saturated heterocycles. The van der Waals surface area contributed by atoms with Crippen LogP contribution < -0.4 is 0 Å². The summed E-state index contributed by atoms with van der Waals surface area (Å²) in [5, 5.41) is 8.93. The molecule has 2 aliphatic heterocycles. The van der Waals surface area contributed by atoms with Gasteiger partial charge in [-0.15, -0.1) is 11.6 Å². The second kappa shape index (κ2) is 4.82. The summed E-state index contributed by atoms with van der Waals surface area (Å²) in [7, 11) is 0. The molecule has 0 aromatic carbocycles. The molecule has 4 nitrogen and oxygen atoms in total. The number of hydrogen-bond acceptors (Lipinski definition) is 3. The van der Waals surface area contributed by atoms with Crippen molar-refractivity contribution in [2.24, 2.45) is 0 Å². The lowest BCUT2D eigenvalue weighted by Gasteiger charge is -2.36. The van der Waals surface area contributed by atoms with Gasteiger partial charge in [-0.3, -0.25) is 4.79 Å². The van der Waals surface area contributed by atoms with Crippen molar-refractivity contribution < 1.29 is 4.79 Å². The number of pyridine rings is 1. The zero-order chi connectivity index (χ0) is 13.4. The van der Waals surface area contributed by atoms with E-state index < -0.39 is 0 Å². The second-order valence-corrected chi connectivity index (χ2v) is 5.83. The number of nitrogens with zero attached hydrogens (tertiary/aromatic N) is 3. The summed E-state index contributed by atoms with van der Waals surface area (Å²) in [6.45, 7) is 0. The topological polar surface area (TPSA) is 57.0 Å². The van der Waals surface area contributed by atoms with Crippen LogP contribution in [0.5, 0.6) is 0 Å². The van der Waals surface area contributed by atoms with Crippen LogP contribution in [0.15, 0.2) is 18.3 Å². The molecule has 3 rings (SSSR count). The van der Waals surface area contributed by atoms with Crippen LogP contribution in [0.1, 0.15) is 41.7 Å². The Bertz CT molecular complexity index is 523. The average molecular weight is 276 g/mol. The Morgan fingerprint density at radius 2 is 2.05 bits per heavy atom. The third-order valence-corrected chi connectivity index (χ3v) is 4.38. The third kappa shape index (κ3) is 2.19. The summed E-state index contributed by atoms with van der Waals surface area (Å²) < 4.78 is 0. The maximum Gasteiger partial charge on any atom is 0.272 e. The van der Waals surface area contributed by atoms with Crippen molar-refractivity contribution in [1.29, 1.82) is 5.26 Å². The minimum Gasteiger partial charge on any atom is -0.331 e. The quantitative estimate of drug-likeness (QED) is 0.739. The van der Waals surface area contributed by atoms with Crippen molar-refractivity contribution in [2.75, 3.05) is 0 Å². The van der Waals surface area contributed by atoms with E-state index in [-0.39, 0.29) is 23.4 Å². The van der Waals surface area contributed by atoms with Crippen molar-refractivity contribution in [3.63, 3.8) is 0 Å². The number of halogens is 1. The molecule has 1 amide bonds. The molecule has 1 aromatic rings. The Kier molecular flexibility index (Phi) is 3.16. The fourth-order valence-electron chi connectivity index (χ4n) is 3.16. The van der Waals surface area contributed by atoms with Gasteiger partial charge in [-0.2, -0.15) is 5.26 Å². The number of hydrogen-bond donors (Lipinski definition) is 0. The highest BCUT2D eigenvalue weighted by Gasteiger charge is 2.43. The molecule has 0 radical (unpaired) electrons. The number of rotatable bonds is 1. The van der Waals surface area contributed by atoms with Crippen molar-refractivity contribution in [2.45, 2.75) is 43.1 Å². The normalized spacial score (nSPS) is 29.1. The standard InChI is InChI=1S/C14H14ClN3O/c15-10-5-11-2-3-12(6-10)18(11)14(19)13-4-1-9(7-16)8-17-13/h1,4,8,10-12H,2-3,5-6H2. The first-order valence-corrected chi connectivity index (χ1v) is 6.95. The predicted octanol–water partition coefficient (Wildman–Crippen LogP) is 2.33. The zero-order valence-corrected chi connectivity index (χ0v) is 11.2. The van der Waals surface area contributed by atoms with E-state index in [9.17, 15) is 4.79 Å². The highest BCUT2D eigenvalue weighted by atomic mass is 35.5. The van der Waals surface area contributed by atoms with Crippen LogP contribution in [0.25, 0.3) is 0 Å². The van der Waals surface area contributed by atoms with Crippen LogP contribution in [0.3, 0.4) is 0 Å². The molecule has 2 aliphatic rings. The van der Waals surface area contributed by atoms with E-state index in [0.717, 1.165) is 25.7 Å². The first-order chi connectivity index (χ1) is 9.19. The van der Waals surface area contributed by atoms with Gasteiger partial charge < -0.3 is 4.90 Å². The monoisotopic (exact) mass is 275 g/mol. The number of nitriles is 1. The summed E-state index contributed by atoms with van der Waals surface area (Å²) in [4.78, 5) is 18.5. The van der Waals surface area contributed by atoms with Crippen molar-refractivity contribution in [1.82, 2.24) is 9.88 Å². The Balaban J connectivity index is 1.82. The number of fused-ring (bicyclic) bond motifs is 2. The van der Waals surface area contributed by atoms with Crippen LogP contribution in [0.4, 0.5) is 0 Å². The summed E-state index contributed by atoms with van der Waals surface area (Å²) >= 11 is 6.21. The van der Waals surface area contributed by atoms with E-state index in [1.165, 1.54) is 6.20 Å². The zero-order valence-electron chi connectivity index (χ0n) is 10.4. The third-order valence-electron chi connectivity index (χ3n) is 4.02. The van der Waals surface area contributed by atoms with E-state index in [2.05, 4.69) is 4.98 Å². The first-order valence-electron chi connectivity index (χ1n) is 6.52. The van der Waals surface area contributed by atoms with Gasteiger partial charge in [-0.25, -0.2) is 4.98 Å². The molecule has 19 heavy (non-hydrogen) atoms. The van der Waals surface area contributed by atoms with Crippen molar-refractivity contribution in [3.05, 3.63) is 29.6 Å². The van der Waals surface area contributed by atoms with Gasteiger partial charge in [0.15, 0.2) is 0 Å². The van der Waals surface area contributed by atoms with Crippen LogP contribution >= 0.6 is 11.6 Å². The maximum atomic E-state index is 12.5. The summed E-state index contributed by atoms with van der Waals surface area (Å²) in [5.41, 5.74) is 0.892. The molecule has 0 saturated carbocycles. The maximum absolute atomic E-state index is 12.5. The number of piperidine rings is 1. The smallest absolute Gasteiger partial charge is 0.272 e. The minimum absolute atomic E-state index is 0.0273. The Hall–Kier alpha value is -1.60. The number of alkyl halides is 1. The van der Waals surface area contributed by atoms with Crippen molar-refractivity contribution >= 4 is 17.5 Å². The highest BCUT2D eigenvalue weighted by Crippen LogP contribution is 2.38. The van der Waals surface area contributed by atoms with Crippen LogP contribution in [0.2, 0.25) is 0 Å². The lowest BCUT2D eigenvalue weighted by Crippen LogP contribution is -2.47. The van der Waals surface area contributed by atoms with Crippen molar-refractivity contribution in [3.8, 4) is 6.07 Å². The molecule has 98 valence electrons. The molecule has 2 bridgehead atoms. The first kappa shape index (κ1) is 12.4. The van der Waals surface area contributed by atoms with Gasteiger partial charge in [-0.05, 0) is 37.8 Å². The van der Waals surface area contributed by atoms with E-state index >= 15 is 0 Å². The van der Waals surface area contributed by atoms with Crippen LogP contribution in [-0.4, -0.2) is 33.3 Å². The van der Waals surface area contributed by atoms with E-state index in [1.54, 1.807) is 12.1 Å². The minimum atomic E-state index is -0.0273. The highest BCUT2D eigenvalue weighted by molar-refractivity contribution is 6.20. The van der Waals surface area contributed by atoms with Gasteiger partial charge in [0, 0.05) is 23.7 Å². The number of amides is 1. The molecule has 1 aromatic heterocycles. The largest absolute Gasteiger partial charge is 0.331 e. The summed E-state index contributed by atoms with van der Waals surface area (Å²) in [6, 6.07) is 5.78. The Morgan fingerprint density at radius 3 is 2.58 bits per heavy atom. The molecule has 0 spiro atoms. The molecule has 0 N–H and O–H groups in total. The fraction of sp³-hybridized carbons (Fsp3) is 0.500. The number of carbonyl (C=O) groups excluding carboxylic acids is 1. The van der Waals surface area contributed by atoms with E-state index in [1.807, 2.05) is 11.0 Å². The average Bonchev–Trinajstić information content (AvgIpc) is 2.70. The molecule has 2 atom stereocenters. The Morgan fingerprint density at radius 1 is 1.37 bits per heavy atom. The van der Waals surface area contributed by atoms with Gasteiger partial charge >= 0.3 is 0 Å². The van der Waals surface area contributed by atoms with Gasteiger partial charge in [0.1, 0.15) is 11.8 Å². The van der Waals surface area contributed by atoms with E-state index in [4.69, 9.17) is 16.9 Å². The lowest BCUT2D eigenvalue weighted by molar-refractivity contribution is 0.0593. The second-order valence-electron chi connectivity index (χ2n) is 5.21. The van der Waals surface area contributed by atoms with Gasteiger partial charge in [0.25, 0.3) is 5.91 Å². The molecular weight excluding hydrogens is 262 g/mol. The lowest BCUT2D eigenvalue weighted by atomic mass is 10.0. The van der Waals surface area contributed by atoms with Crippen LogP contribution in [0, 0.1) is 11.3 Å². The summed E-state index contributed by atoms with van der Waals surface area (Å²) in [6.07, 6.45) is 5.27. The van der Waals surface area contributed by atoms with Gasteiger partial charge in [0.2, 0.25) is 0 Å². The molecular formula is C14H14ClN3O. The Labute approximate surface area is 117 Å². The van der Waals surface area contributed by atoms with Crippen LogP contribution in [-0.2, 0) is 0 Å². The number of aromatic nitrogens is 1. The summed E-state index contributed by atoms with van der Waals surface area (Å²) in [5.74, 6) is -0.0273. The van der Waals surface area contributed by atoms with Gasteiger partial charge in [0.05, 0.1) is 5.56 Å². The molecule has 2 fully saturated rings. The molecule has 3 heterocycles. The molecule has 2 unspecified atom stereocenters. The molecule has 5 heteroatoms. The SMILES string of the molecule is N#Cc1ccc(C(=O)N2C3CCC2CC(Cl)C3)nc1. The number of carbonyl (C=O) groups is 1. The van der Waals surface area contributed by atoms with E-state index in [0.29, 0.717) is 11.3 Å². The van der Waals surface area contributed by atoms with Gasteiger partial charge in [-0.1, -0.05) is 0 Å². The predicted molar refractivity (Wildman–Crippen MR) is 70.8 cm³/mol. The fourth-order valence-corrected chi connectivity index (χ4v) is 3.57. The molecule has 0 aliphatic carbocycles.